The number of nitrogens with two attached hydrogens (primary N) is 1. The van der Waals surface area contributed by atoms with Crippen molar-refractivity contribution in [2.75, 3.05) is 0 Å². The molecular weight excluding hydrogens is 282 g/mol. The number of rotatable bonds is 1. The summed E-state index contributed by atoms with van der Waals surface area (Å²) in [7, 11) is 0. The number of hydrogen-bond acceptors (Lipinski definition) is 2. The summed E-state index contributed by atoms with van der Waals surface area (Å²) < 4.78 is 0. The molecule has 21 heavy (non-hydrogen) atoms. The normalized spacial score (nSPS) is 17.6. The van der Waals surface area contributed by atoms with Gasteiger partial charge < -0.3 is 5.73 Å². The molecule has 1 atom stereocenters. The van der Waals surface area contributed by atoms with Crippen LogP contribution in [0.15, 0.2) is 42.5 Å². The maximum absolute atomic E-state index is 12.1. The number of ketones is 1. The molecule has 0 aliphatic heterocycles. The minimum Gasteiger partial charge on any atom is -0.321 e. The lowest BCUT2D eigenvalue weighted by molar-refractivity contribution is -0.119. The Kier molecular flexibility index (Phi) is 4.81. The zero-order valence-electron chi connectivity index (χ0n) is 12.1. The zero-order valence-corrected chi connectivity index (χ0v) is 13.0. The van der Waals surface area contributed by atoms with Gasteiger partial charge in [-0.25, -0.2) is 0 Å². The molecule has 3 rings (SSSR count). The number of aryl methyl sites for hydroxylation is 2. The van der Waals surface area contributed by atoms with Gasteiger partial charge in [0.15, 0.2) is 5.78 Å². The first-order chi connectivity index (χ1) is 9.65. The second kappa shape index (κ2) is 6.42. The average Bonchev–Trinajstić information content (AvgIpc) is 2.60. The van der Waals surface area contributed by atoms with E-state index in [0.717, 1.165) is 18.4 Å². The van der Waals surface area contributed by atoms with Gasteiger partial charge in [-0.05, 0) is 42.0 Å². The molecule has 0 radical (unpaired) electrons. The summed E-state index contributed by atoms with van der Waals surface area (Å²) in [5.74, 6) is 0.156. The van der Waals surface area contributed by atoms with E-state index in [0.29, 0.717) is 6.42 Å². The summed E-state index contributed by atoms with van der Waals surface area (Å²) in [6.45, 7) is 2.08. The maximum atomic E-state index is 12.1. The van der Waals surface area contributed by atoms with Crippen LogP contribution in [-0.2, 0) is 17.6 Å². The van der Waals surface area contributed by atoms with Gasteiger partial charge in [-0.3, -0.25) is 4.79 Å². The first kappa shape index (κ1) is 15.7. The highest BCUT2D eigenvalue weighted by atomic mass is 35.5. The number of halogens is 1. The summed E-state index contributed by atoms with van der Waals surface area (Å²) in [6, 6.07) is 14.5. The van der Waals surface area contributed by atoms with Gasteiger partial charge in [-0.1, -0.05) is 48.0 Å². The van der Waals surface area contributed by atoms with E-state index in [9.17, 15) is 4.79 Å². The summed E-state index contributed by atoms with van der Waals surface area (Å²) in [5.41, 5.74) is 11.9. The summed E-state index contributed by atoms with van der Waals surface area (Å²) in [6.07, 6.45) is 2.10. The number of hydrogen-bond donors (Lipinski definition) is 1. The van der Waals surface area contributed by atoms with Crippen LogP contribution in [0.5, 0.6) is 0 Å². The van der Waals surface area contributed by atoms with Gasteiger partial charge in [0.05, 0.1) is 6.04 Å². The Hall–Kier alpha value is -1.64. The molecule has 0 amide bonds. The van der Waals surface area contributed by atoms with Gasteiger partial charge in [0, 0.05) is 6.42 Å². The van der Waals surface area contributed by atoms with Crippen molar-refractivity contribution in [3.63, 3.8) is 0 Å². The molecule has 3 heteroatoms. The number of carbonyl (C=O) groups excluding carboxylic acids is 1. The molecule has 0 aromatic heterocycles. The summed E-state index contributed by atoms with van der Waals surface area (Å²) >= 11 is 0. The van der Waals surface area contributed by atoms with Crippen LogP contribution in [0.25, 0.3) is 11.1 Å². The first-order valence-electron chi connectivity index (χ1n) is 7.11. The lowest BCUT2D eigenvalue weighted by atomic mass is 9.92. The van der Waals surface area contributed by atoms with Crippen LogP contribution in [0.3, 0.4) is 0 Å². The third-order valence-corrected chi connectivity index (χ3v) is 4.12. The molecule has 2 aromatic rings. The molecule has 1 unspecified atom stereocenters. The Bertz CT molecular complexity index is 649. The van der Waals surface area contributed by atoms with Crippen LogP contribution in [-0.4, -0.2) is 11.8 Å². The molecule has 0 bridgehead atoms. The smallest absolute Gasteiger partial charge is 0.153 e. The maximum Gasteiger partial charge on any atom is 0.153 e. The van der Waals surface area contributed by atoms with E-state index in [1.165, 1.54) is 22.3 Å². The molecule has 0 saturated carbocycles. The number of Topliss-reactive ketones (excluding diaryl/α,β-unsaturated/α-hetero) is 1. The lowest BCUT2D eigenvalue weighted by Crippen LogP contribution is -2.30. The minimum absolute atomic E-state index is 0. The zero-order chi connectivity index (χ0) is 14.1. The third kappa shape index (κ3) is 3.17. The highest BCUT2D eigenvalue weighted by Gasteiger charge is 2.22. The molecule has 1 aliphatic rings. The van der Waals surface area contributed by atoms with E-state index < -0.39 is 0 Å². The Labute approximate surface area is 131 Å². The molecule has 0 spiro atoms. The Balaban J connectivity index is 0.00000161. The fraction of sp³-hybridized carbons (Fsp3) is 0.278. The lowest BCUT2D eigenvalue weighted by Gasteiger charge is -2.12. The highest BCUT2D eigenvalue weighted by molar-refractivity contribution is 5.89. The SMILES string of the molecule is Cc1ccc(-c2cccc3c2CC(=O)C(N)CC3)cc1.Cl. The number of benzene rings is 2. The predicted molar refractivity (Wildman–Crippen MR) is 88.9 cm³/mol. The number of fused-ring (bicyclic) bond motifs is 1. The van der Waals surface area contributed by atoms with Gasteiger partial charge in [0.25, 0.3) is 0 Å². The Morgan fingerprint density at radius 2 is 1.81 bits per heavy atom. The molecule has 0 heterocycles. The van der Waals surface area contributed by atoms with Crippen molar-refractivity contribution in [1.29, 1.82) is 0 Å². The van der Waals surface area contributed by atoms with Crippen LogP contribution in [0, 0.1) is 6.92 Å². The van der Waals surface area contributed by atoms with E-state index in [2.05, 4.69) is 49.4 Å². The standard InChI is InChI=1S/C18H19NO.ClH/c1-12-5-7-14(8-6-12)15-4-2-3-13-9-10-17(19)18(20)11-16(13)15;/h2-8,17H,9-11,19H2,1H3;1H. The molecule has 0 fully saturated rings. The van der Waals surface area contributed by atoms with Crippen LogP contribution in [0.2, 0.25) is 0 Å². The topological polar surface area (TPSA) is 43.1 Å². The van der Waals surface area contributed by atoms with Crippen LogP contribution in [0.1, 0.15) is 23.1 Å². The second-order valence-corrected chi connectivity index (χ2v) is 5.60. The van der Waals surface area contributed by atoms with Crippen molar-refractivity contribution < 1.29 is 4.79 Å². The van der Waals surface area contributed by atoms with E-state index in [1.54, 1.807) is 0 Å². The van der Waals surface area contributed by atoms with E-state index >= 15 is 0 Å². The Morgan fingerprint density at radius 3 is 2.52 bits per heavy atom. The third-order valence-electron chi connectivity index (χ3n) is 4.12. The summed E-state index contributed by atoms with van der Waals surface area (Å²) in [4.78, 5) is 12.1. The highest BCUT2D eigenvalue weighted by Crippen LogP contribution is 2.30. The monoisotopic (exact) mass is 301 g/mol. The molecule has 2 aromatic carbocycles. The van der Waals surface area contributed by atoms with Gasteiger partial charge in [0.2, 0.25) is 0 Å². The Morgan fingerprint density at radius 1 is 1.10 bits per heavy atom. The molecule has 1 aliphatic carbocycles. The largest absolute Gasteiger partial charge is 0.321 e. The van der Waals surface area contributed by atoms with E-state index in [1.807, 2.05) is 0 Å². The van der Waals surface area contributed by atoms with Gasteiger partial charge in [-0.2, -0.15) is 0 Å². The van der Waals surface area contributed by atoms with Crippen molar-refractivity contribution in [3.8, 4) is 11.1 Å². The van der Waals surface area contributed by atoms with E-state index in [4.69, 9.17) is 5.73 Å². The summed E-state index contributed by atoms with van der Waals surface area (Å²) in [5, 5.41) is 0. The van der Waals surface area contributed by atoms with E-state index in [-0.39, 0.29) is 24.2 Å². The van der Waals surface area contributed by atoms with Crippen LogP contribution >= 0.6 is 12.4 Å². The molecule has 2 N–H and O–H groups in total. The number of carbonyl (C=O) groups is 1. The second-order valence-electron chi connectivity index (χ2n) is 5.60. The first-order valence-corrected chi connectivity index (χ1v) is 7.11. The van der Waals surface area contributed by atoms with Gasteiger partial charge >= 0.3 is 0 Å². The average molecular weight is 302 g/mol. The quantitative estimate of drug-likeness (QED) is 0.820. The van der Waals surface area contributed by atoms with Crippen molar-refractivity contribution in [2.45, 2.75) is 32.2 Å². The van der Waals surface area contributed by atoms with Crippen molar-refractivity contribution in [2.24, 2.45) is 5.73 Å². The predicted octanol–water partition coefficient (Wildman–Crippen LogP) is 3.47. The van der Waals surface area contributed by atoms with Gasteiger partial charge in [-0.15, -0.1) is 12.4 Å². The fourth-order valence-corrected chi connectivity index (χ4v) is 2.86. The van der Waals surface area contributed by atoms with Crippen LogP contribution < -0.4 is 5.73 Å². The molecule has 2 nitrogen and oxygen atoms in total. The van der Waals surface area contributed by atoms with Crippen molar-refractivity contribution in [3.05, 3.63) is 59.2 Å². The minimum atomic E-state index is -0.312. The van der Waals surface area contributed by atoms with Crippen LogP contribution in [0.4, 0.5) is 0 Å². The van der Waals surface area contributed by atoms with Crippen molar-refractivity contribution >= 4 is 18.2 Å². The molecular formula is C18H20ClNO. The van der Waals surface area contributed by atoms with Crippen molar-refractivity contribution in [1.82, 2.24) is 0 Å². The van der Waals surface area contributed by atoms with Gasteiger partial charge in [0.1, 0.15) is 0 Å². The molecule has 0 saturated heterocycles. The molecule has 110 valence electrons. The fourth-order valence-electron chi connectivity index (χ4n) is 2.86.